The first kappa shape index (κ1) is 63.3. The van der Waals surface area contributed by atoms with Crippen LogP contribution in [0.25, 0.3) is 22.3 Å². The van der Waals surface area contributed by atoms with Crippen LogP contribution < -0.4 is 42.9 Å². The molecule has 4 heterocycles. The summed E-state index contributed by atoms with van der Waals surface area (Å²) in [6.07, 6.45) is 3.04. The zero-order valence-electron chi connectivity index (χ0n) is 28.8. The predicted octanol–water partition coefficient (Wildman–Crippen LogP) is -1.64. The molecule has 20 nitrogen and oxygen atoms in total. The molecule has 58 heavy (non-hydrogen) atoms. The molecule has 2 radical (unpaired) electrons. The molecule has 0 aromatic carbocycles. The number of aromatic nitrogens is 8. The van der Waals surface area contributed by atoms with E-state index in [1.165, 1.54) is 35.9 Å². The van der Waals surface area contributed by atoms with Crippen LogP contribution in [0, 0.1) is 0 Å². The van der Waals surface area contributed by atoms with Crippen molar-refractivity contribution in [3.05, 3.63) is 54.3 Å². The number of hydrogen-bond acceptors (Lipinski definition) is 14. The zero-order valence-corrected chi connectivity index (χ0v) is 39.7. The van der Waals surface area contributed by atoms with Crippen LogP contribution in [0.2, 0.25) is 0 Å². The summed E-state index contributed by atoms with van der Waals surface area (Å²) >= 11 is 56.8. The molecule has 4 rings (SSSR count). The van der Waals surface area contributed by atoms with E-state index in [9.17, 15) is 58.8 Å². The molecule has 0 unspecified atom stereocenters. The van der Waals surface area contributed by atoms with Gasteiger partial charge in [-0.2, -0.15) is 0 Å². The largest absolute Gasteiger partial charge is 2.00 e. The number of rotatable bonds is 0. The molecule has 0 saturated heterocycles. The average Bonchev–Trinajstić information content (AvgIpc) is 3.63. The molecule has 4 aromatic heterocycles. The normalized spacial score (nSPS) is 10.8. The molecule has 0 saturated carbocycles. The Morgan fingerprint density at radius 3 is 0.776 bits per heavy atom. The maximum Gasteiger partial charge on any atom is 2.00 e. The van der Waals surface area contributed by atoms with Crippen molar-refractivity contribution >= 4 is 185 Å². The summed E-state index contributed by atoms with van der Waals surface area (Å²) in [6, 6.07) is 0. The Kier molecular flexibility index (Phi) is 27.9. The number of halogens is 12. The van der Waals surface area contributed by atoms with Gasteiger partial charge in [0.15, 0.2) is 22.3 Å². The van der Waals surface area contributed by atoms with Gasteiger partial charge in [0.25, 0.3) is 11.1 Å². The first-order valence-corrected chi connectivity index (χ1v) is 17.7. The van der Waals surface area contributed by atoms with E-state index in [-0.39, 0.29) is 56.6 Å². The van der Waals surface area contributed by atoms with Crippen LogP contribution in [-0.4, -0.2) is 76.4 Å². The Bertz CT molecular complexity index is 2090. The fourth-order valence-corrected chi connectivity index (χ4v) is 2.94. The average molecular weight is 1160 g/mol. The number of aliphatic carboxylic acids is 4. The third-order valence-corrected chi connectivity index (χ3v) is 7.41. The number of imidazole rings is 2. The Hall–Kier alpha value is -1.30. The van der Waals surface area contributed by atoms with Crippen molar-refractivity contribution in [1.29, 1.82) is 0 Å². The fourth-order valence-electron chi connectivity index (χ4n) is 2.94. The number of carbonyl (C=O) groups is 4. The molecule has 0 N–H and O–H groups in total. The van der Waals surface area contributed by atoms with Gasteiger partial charge in [-0.1, -0.05) is 139 Å². The second-order valence-electron chi connectivity index (χ2n) is 9.61. The minimum atomic E-state index is -2.28. The van der Waals surface area contributed by atoms with E-state index >= 15 is 0 Å². The van der Waals surface area contributed by atoms with E-state index < -0.39 is 39.0 Å². The number of fused-ring (bicyclic) bond motifs is 2. The molecule has 0 atom stereocenters. The summed E-state index contributed by atoms with van der Waals surface area (Å²) in [5.74, 6) is -6.84. The number of hydrogen-bond donors (Lipinski definition) is 0. The maximum absolute atomic E-state index is 11.7. The summed E-state index contributed by atoms with van der Waals surface area (Å²) in [4.78, 5) is 92.4. The number of carboxylic acids is 4. The van der Waals surface area contributed by atoms with Crippen molar-refractivity contribution in [3.8, 4) is 0 Å². The van der Waals surface area contributed by atoms with Crippen molar-refractivity contribution in [1.82, 2.24) is 37.4 Å². The van der Waals surface area contributed by atoms with Gasteiger partial charge in [0.05, 0.1) is 36.5 Å². The number of nitrogens with zero attached hydrogens (tertiary/aromatic N) is 8. The molecular weight excluding hydrogens is 1140 g/mol. The zero-order chi connectivity index (χ0) is 45.2. The van der Waals surface area contributed by atoms with E-state index in [1.54, 1.807) is 37.3 Å². The van der Waals surface area contributed by atoms with Crippen LogP contribution in [-0.2, 0) is 95.6 Å². The molecule has 34 heteroatoms. The second-order valence-corrected chi connectivity index (χ2v) is 18.7. The Balaban J connectivity index is -0.000000311. The van der Waals surface area contributed by atoms with Gasteiger partial charge in [-0.15, -0.1) is 0 Å². The molecule has 0 aliphatic heterocycles. The van der Waals surface area contributed by atoms with E-state index in [4.69, 9.17) is 139 Å². The van der Waals surface area contributed by atoms with Gasteiger partial charge >= 0.3 is 45.5 Å². The minimum absolute atomic E-state index is 0. The molecular formula is C24H20Cl12Cu2N8O12. The van der Waals surface area contributed by atoms with Gasteiger partial charge in [-0.05, 0) is 0 Å². The van der Waals surface area contributed by atoms with Crippen molar-refractivity contribution in [2.24, 2.45) is 42.3 Å². The molecule has 4 aromatic rings. The quantitative estimate of drug-likeness (QED) is 0.141. The summed E-state index contributed by atoms with van der Waals surface area (Å²) in [7, 11) is 9.55. The number of carboxylic acid groups (broad SMARTS) is 4. The van der Waals surface area contributed by atoms with Crippen molar-refractivity contribution in [2.45, 2.75) is 15.2 Å². The SMILES string of the molecule is Cn1c(=O)c2c(ncn2C)n(C)c1=O.Cn1c(=O)c2c(ncn2C)n(C)c1=O.O=C([O-])C(Cl)(Cl)Cl.O=C([O-])C(Cl)(Cl)Cl.O=C([O-])C(Cl)(Cl)Cl.O=C([O-])C(Cl)(Cl)Cl.[Cu+2].[Cu+2]. The van der Waals surface area contributed by atoms with Gasteiger partial charge in [-0.25, -0.2) is 19.6 Å². The predicted molar refractivity (Wildman–Crippen MR) is 204 cm³/mol. The molecule has 0 amide bonds. The summed E-state index contributed by atoms with van der Waals surface area (Å²) < 4.78 is -1.03. The van der Waals surface area contributed by atoms with Crippen LogP contribution >= 0.6 is 139 Å². The van der Waals surface area contributed by atoms with Gasteiger partial charge < -0.3 is 48.7 Å². The first-order valence-electron chi connectivity index (χ1n) is 13.1. The van der Waals surface area contributed by atoms with E-state index in [1.807, 2.05) is 0 Å². The van der Waals surface area contributed by atoms with Crippen LogP contribution in [0.1, 0.15) is 0 Å². The van der Waals surface area contributed by atoms with Crippen molar-refractivity contribution in [2.75, 3.05) is 0 Å². The number of carbonyl (C=O) groups excluding carboxylic acids is 4. The third kappa shape index (κ3) is 20.0. The van der Waals surface area contributed by atoms with Gasteiger partial charge in [0, 0.05) is 42.3 Å². The van der Waals surface area contributed by atoms with E-state index in [2.05, 4.69) is 9.97 Å². The van der Waals surface area contributed by atoms with Gasteiger partial charge in [0.1, 0.15) is 0 Å². The molecule has 0 bridgehead atoms. The molecule has 0 aliphatic rings. The van der Waals surface area contributed by atoms with Crippen molar-refractivity contribution < 1.29 is 73.7 Å². The standard InChI is InChI=1S/2C8H10N4O2.4C2HCl3O2.2Cu/c2*1-10-4-9-6-5(10)7(13)12(3)8(14)11(6)2;4*3-2(4,5)1(6)7;;/h2*4H,1-3H3;4*(H,6,7);;/q;;;;;;2*+2/p-4. The molecule has 0 fully saturated rings. The third-order valence-electron chi connectivity index (χ3n) is 5.56. The summed E-state index contributed by atoms with van der Waals surface area (Å²) in [6.45, 7) is 0. The fraction of sp³-hybridized carbons (Fsp3) is 0.417. The maximum atomic E-state index is 11.7. The first-order chi connectivity index (χ1) is 24.8. The Labute approximate surface area is 404 Å². The van der Waals surface area contributed by atoms with Crippen LogP contribution in [0.5, 0.6) is 0 Å². The van der Waals surface area contributed by atoms with Gasteiger partial charge in [0.2, 0.25) is 15.2 Å². The smallest absolute Gasteiger partial charge is 0.545 e. The number of aryl methyl sites for hydroxylation is 4. The number of alkyl halides is 12. The Morgan fingerprint density at radius 1 is 0.448 bits per heavy atom. The van der Waals surface area contributed by atoms with E-state index in [0.29, 0.717) is 22.3 Å². The van der Waals surface area contributed by atoms with Crippen LogP contribution in [0.15, 0.2) is 31.8 Å². The minimum Gasteiger partial charge on any atom is -0.545 e. The monoisotopic (exact) mass is 1160 g/mol. The topological polar surface area (TPSA) is 284 Å². The van der Waals surface area contributed by atoms with Crippen molar-refractivity contribution in [3.63, 3.8) is 0 Å². The molecule has 334 valence electrons. The van der Waals surface area contributed by atoms with E-state index in [0.717, 1.165) is 9.13 Å². The molecule has 0 aliphatic carbocycles. The second kappa shape index (κ2) is 25.6. The summed E-state index contributed by atoms with van der Waals surface area (Å²) in [5.41, 5.74) is 0.360. The van der Waals surface area contributed by atoms with Gasteiger partial charge in [-0.3, -0.25) is 27.9 Å². The summed E-state index contributed by atoms with van der Waals surface area (Å²) in [5, 5.41) is 38.1. The van der Waals surface area contributed by atoms with Crippen LogP contribution in [0.4, 0.5) is 0 Å². The molecule has 0 spiro atoms. The Morgan fingerprint density at radius 2 is 0.621 bits per heavy atom. The van der Waals surface area contributed by atoms with Crippen LogP contribution in [0.3, 0.4) is 0 Å².